The van der Waals surface area contributed by atoms with Crippen LogP contribution in [0.4, 0.5) is 0 Å². The largest absolute Gasteiger partial charge is 0.465 e. The number of hydrogen-bond donors (Lipinski definition) is 1. The van der Waals surface area contributed by atoms with Gasteiger partial charge in [0.15, 0.2) is 5.57 Å². The predicted octanol–water partition coefficient (Wildman–Crippen LogP) is 0.837. The van der Waals surface area contributed by atoms with E-state index in [0.717, 1.165) is 11.8 Å². The molecule has 0 aromatic heterocycles. The molecule has 0 aromatic carbocycles. The van der Waals surface area contributed by atoms with Crippen LogP contribution < -0.4 is 0 Å². The topological polar surface area (TPSA) is 52.6 Å². The van der Waals surface area contributed by atoms with Crippen LogP contribution in [-0.2, 0) is 19.1 Å². The Balaban J connectivity index is 4.97. The molecule has 0 heterocycles. The predicted molar refractivity (Wildman–Crippen MR) is 53.6 cm³/mol. The molecule has 0 N–H and O–H groups in total. The third-order valence-electron chi connectivity index (χ3n) is 1.19. The van der Waals surface area contributed by atoms with Crippen LogP contribution in [-0.4, -0.2) is 32.4 Å². The third-order valence-corrected chi connectivity index (χ3v) is 2.55. The minimum Gasteiger partial charge on any atom is -0.465 e. The highest BCUT2D eigenvalue weighted by atomic mass is 32.2. The number of thioether (sulfide) groups is 1. The molecule has 0 spiro atoms. The van der Waals surface area contributed by atoms with Gasteiger partial charge in [-0.2, -0.15) is 0 Å². The van der Waals surface area contributed by atoms with Gasteiger partial charge in [0.1, 0.15) is 0 Å². The first-order valence-electron chi connectivity index (χ1n) is 3.22. The smallest absolute Gasteiger partial charge is 0.347 e. The van der Waals surface area contributed by atoms with E-state index in [-0.39, 0.29) is 9.81 Å². The van der Waals surface area contributed by atoms with Gasteiger partial charge in [-0.05, 0) is 6.26 Å². The molecule has 0 atom stereocenters. The Bertz CT molecular complexity index is 229. The van der Waals surface area contributed by atoms with E-state index in [2.05, 4.69) is 22.1 Å². The Morgan fingerprint density at radius 1 is 1.15 bits per heavy atom. The number of methoxy groups -OCH3 is 2. The molecular weight excluding hydrogens is 212 g/mol. The quantitative estimate of drug-likeness (QED) is 0.252. The van der Waals surface area contributed by atoms with Crippen molar-refractivity contribution in [3.8, 4) is 0 Å². The molecule has 0 saturated heterocycles. The van der Waals surface area contributed by atoms with Crippen molar-refractivity contribution in [3.05, 3.63) is 9.81 Å². The summed E-state index contributed by atoms with van der Waals surface area (Å²) in [7, 11) is 2.37. The fraction of sp³-hybridized carbons (Fsp3) is 0.429. The van der Waals surface area contributed by atoms with E-state index < -0.39 is 11.9 Å². The molecule has 0 aliphatic carbocycles. The zero-order valence-electron chi connectivity index (χ0n) is 7.49. The van der Waals surface area contributed by atoms with Gasteiger partial charge in [0.25, 0.3) is 0 Å². The fourth-order valence-electron chi connectivity index (χ4n) is 0.564. The molecule has 6 heteroatoms. The molecule has 0 aromatic rings. The summed E-state index contributed by atoms with van der Waals surface area (Å²) in [5, 5.41) is 0. The minimum atomic E-state index is -0.744. The minimum absolute atomic E-state index is 0.180. The number of esters is 2. The van der Waals surface area contributed by atoms with Crippen molar-refractivity contribution in [1.82, 2.24) is 0 Å². The standard InChI is InChI=1S/C7H10O4S2/c1-10-5(8)4(6(9)11-2)7(12)13-3/h12H,1-3H3. The van der Waals surface area contributed by atoms with E-state index in [1.807, 2.05) is 0 Å². The van der Waals surface area contributed by atoms with Crippen molar-refractivity contribution in [1.29, 1.82) is 0 Å². The molecular formula is C7H10O4S2. The molecule has 0 fully saturated rings. The first-order chi connectivity index (χ1) is 6.08. The monoisotopic (exact) mass is 222 g/mol. The maximum Gasteiger partial charge on any atom is 0.347 e. The van der Waals surface area contributed by atoms with Crippen LogP contribution in [0.1, 0.15) is 0 Å². The van der Waals surface area contributed by atoms with Gasteiger partial charge in [0.2, 0.25) is 0 Å². The normalized spacial score (nSPS) is 8.92. The van der Waals surface area contributed by atoms with Gasteiger partial charge in [-0.1, -0.05) is 0 Å². The van der Waals surface area contributed by atoms with E-state index in [4.69, 9.17) is 0 Å². The lowest BCUT2D eigenvalue weighted by Crippen LogP contribution is -2.16. The SMILES string of the molecule is COC(=O)C(C(=O)OC)=C(S)SC. The highest BCUT2D eigenvalue weighted by Gasteiger charge is 2.23. The van der Waals surface area contributed by atoms with E-state index >= 15 is 0 Å². The Morgan fingerprint density at radius 3 is 1.77 bits per heavy atom. The van der Waals surface area contributed by atoms with Crippen LogP contribution in [0.3, 0.4) is 0 Å². The summed E-state index contributed by atoms with van der Waals surface area (Å²) in [6, 6.07) is 0. The van der Waals surface area contributed by atoms with Crippen LogP contribution >= 0.6 is 24.4 Å². The van der Waals surface area contributed by atoms with E-state index in [0.29, 0.717) is 0 Å². The summed E-state index contributed by atoms with van der Waals surface area (Å²) in [5.41, 5.74) is -0.180. The fourth-order valence-corrected chi connectivity index (χ4v) is 1.12. The summed E-state index contributed by atoms with van der Waals surface area (Å²) in [6.07, 6.45) is 1.69. The van der Waals surface area contributed by atoms with Gasteiger partial charge < -0.3 is 9.47 Å². The van der Waals surface area contributed by atoms with E-state index in [1.165, 1.54) is 14.2 Å². The maximum absolute atomic E-state index is 11.1. The molecule has 0 amide bonds. The van der Waals surface area contributed by atoms with Crippen molar-refractivity contribution in [3.63, 3.8) is 0 Å². The number of rotatable bonds is 3. The van der Waals surface area contributed by atoms with E-state index in [1.54, 1.807) is 6.26 Å². The molecule has 0 aliphatic rings. The van der Waals surface area contributed by atoms with Crippen molar-refractivity contribution in [2.24, 2.45) is 0 Å². The van der Waals surface area contributed by atoms with Gasteiger partial charge in [-0.3, -0.25) is 0 Å². The lowest BCUT2D eigenvalue weighted by molar-refractivity contribution is -0.144. The lowest BCUT2D eigenvalue weighted by Gasteiger charge is -2.05. The van der Waals surface area contributed by atoms with Crippen LogP contribution in [0.25, 0.3) is 0 Å². The summed E-state index contributed by atoms with van der Waals surface area (Å²) in [4.78, 5) is 22.1. The number of hydrogen-bond acceptors (Lipinski definition) is 6. The second kappa shape index (κ2) is 5.93. The first kappa shape index (κ1) is 12.4. The molecule has 0 bridgehead atoms. The maximum atomic E-state index is 11.1. The Kier molecular flexibility index (Phi) is 5.65. The van der Waals surface area contributed by atoms with Gasteiger partial charge in [0.05, 0.1) is 18.5 Å². The molecule has 74 valence electrons. The summed E-state index contributed by atoms with van der Waals surface area (Å²) in [5.74, 6) is -1.49. The average Bonchev–Trinajstić information content (AvgIpc) is 2.16. The second-order valence-electron chi connectivity index (χ2n) is 1.87. The van der Waals surface area contributed by atoms with E-state index in [9.17, 15) is 9.59 Å². The van der Waals surface area contributed by atoms with Crippen LogP contribution in [0.15, 0.2) is 9.81 Å². The van der Waals surface area contributed by atoms with Gasteiger partial charge in [-0.25, -0.2) is 9.59 Å². The molecule has 4 nitrogen and oxygen atoms in total. The van der Waals surface area contributed by atoms with Crippen LogP contribution in [0.5, 0.6) is 0 Å². The van der Waals surface area contributed by atoms with Gasteiger partial charge >= 0.3 is 11.9 Å². The Morgan fingerprint density at radius 2 is 1.54 bits per heavy atom. The van der Waals surface area contributed by atoms with Crippen molar-refractivity contribution >= 4 is 36.3 Å². The van der Waals surface area contributed by atoms with Crippen molar-refractivity contribution in [2.45, 2.75) is 0 Å². The molecule has 0 rings (SSSR count). The zero-order valence-corrected chi connectivity index (χ0v) is 9.20. The molecule has 0 unspecified atom stereocenters. The number of thiol groups is 1. The number of carbonyl (C=O) groups excluding carboxylic acids is 2. The number of ether oxygens (including phenoxy) is 2. The van der Waals surface area contributed by atoms with Crippen LogP contribution in [0, 0.1) is 0 Å². The number of carbonyl (C=O) groups is 2. The summed E-state index contributed by atoms with van der Waals surface area (Å²) >= 11 is 5.12. The average molecular weight is 222 g/mol. The van der Waals surface area contributed by atoms with Crippen molar-refractivity contribution in [2.75, 3.05) is 20.5 Å². The summed E-state index contributed by atoms with van der Waals surface area (Å²) in [6.45, 7) is 0. The Labute approximate surface area is 86.1 Å². The van der Waals surface area contributed by atoms with Gasteiger partial charge in [-0.15, -0.1) is 24.4 Å². The third kappa shape index (κ3) is 3.31. The second-order valence-corrected chi connectivity index (χ2v) is 3.43. The van der Waals surface area contributed by atoms with Gasteiger partial charge in [0, 0.05) is 0 Å². The highest BCUT2D eigenvalue weighted by molar-refractivity contribution is 8.15. The zero-order chi connectivity index (χ0) is 10.4. The Hall–Kier alpha value is -0.620. The summed E-state index contributed by atoms with van der Waals surface area (Å²) < 4.78 is 9.07. The molecule has 0 saturated carbocycles. The molecule has 13 heavy (non-hydrogen) atoms. The van der Waals surface area contributed by atoms with Crippen molar-refractivity contribution < 1.29 is 19.1 Å². The molecule has 0 aliphatic heterocycles. The lowest BCUT2D eigenvalue weighted by atomic mass is 10.3. The van der Waals surface area contributed by atoms with Crippen LogP contribution in [0.2, 0.25) is 0 Å². The first-order valence-corrected chi connectivity index (χ1v) is 4.89. The molecule has 0 radical (unpaired) electrons. The highest BCUT2D eigenvalue weighted by Crippen LogP contribution is 2.22.